The quantitative estimate of drug-likeness (QED) is 0.808. The van der Waals surface area contributed by atoms with E-state index in [1.54, 1.807) is 16.9 Å². The van der Waals surface area contributed by atoms with Crippen LogP contribution in [0.25, 0.3) is 5.65 Å². The minimum absolute atomic E-state index is 0.122. The van der Waals surface area contributed by atoms with E-state index < -0.39 is 0 Å². The Kier molecular flexibility index (Phi) is 3.09. The minimum Gasteiger partial charge on any atom is -0.327 e. The molecule has 2 N–H and O–H groups in total. The number of nitrogens with zero attached hydrogens (tertiary/aromatic N) is 5. The highest BCUT2D eigenvalue weighted by molar-refractivity contribution is 5.32. The molecule has 0 fully saturated rings. The van der Waals surface area contributed by atoms with Crippen molar-refractivity contribution in [2.45, 2.75) is 32.7 Å². The van der Waals surface area contributed by atoms with E-state index in [-0.39, 0.29) is 6.04 Å². The van der Waals surface area contributed by atoms with E-state index in [0.717, 1.165) is 18.5 Å². The molecule has 6 heteroatoms. The van der Waals surface area contributed by atoms with Crippen LogP contribution in [0.1, 0.15) is 26.0 Å². The highest BCUT2D eigenvalue weighted by Gasteiger charge is 2.10. The Balaban J connectivity index is 2.17. The van der Waals surface area contributed by atoms with E-state index in [9.17, 15) is 0 Å². The summed E-state index contributed by atoms with van der Waals surface area (Å²) < 4.78 is 1.69. The van der Waals surface area contributed by atoms with Gasteiger partial charge in [0.25, 0.3) is 0 Å². The van der Waals surface area contributed by atoms with Crippen LogP contribution >= 0.6 is 0 Å². The largest absolute Gasteiger partial charge is 0.327 e. The summed E-state index contributed by atoms with van der Waals surface area (Å²) in [6.07, 6.45) is 5.13. The third-order valence-electron chi connectivity index (χ3n) is 2.42. The van der Waals surface area contributed by atoms with E-state index in [4.69, 9.17) is 5.73 Å². The number of aromatic nitrogens is 5. The monoisotopic (exact) mass is 220 g/mol. The first-order chi connectivity index (χ1) is 7.66. The van der Waals surface area contributed by atoms with Crippen LogP contribution in [0.15, 0.2) is 12.4 Å². The smallest absolute Gasteiger partial charge is 0.197 e. The molecule has 16 heavy (non-hydrogen) atoms. The van der Waals surface area contributed by atoms with Gasteiger partial charge >= 0.3 is 0 Å². The average Bonchev–Trinajstić information content (AvgIpc) is 2.65. The molecule has 1 atom stereocenters. The Morgan fingerprint density at radius 1 is 1.38 bits per heavy atom. The van der Waals surface area contributed by atoms with Crippen molar-refractivity contribution < 1.29 is 0 Å². The van der Waals surface area contributed by atoms with E-state index >= 15 is 0 Å². The Bertz CT molecular complexity index is 463. The van der Waals surface area contributed by atoms with Gasteiger partial charge in [-0.15, -0.1) is 5.10 Å². The van der Waals surface area contributed by atoms with Gasteiger partial charge in [0.15, 0.2) is 5.65 Å². The number of nitrogens with two attached hydrogens (primary N) is 1. The summed E-state index contributed by atoms with van der Waals surface area (Å²) in [5.41, 5.74) is 7.67. The summed E-state index contributed by atoms with van der Waals surface area (Å²) in [7, 11) is 0. The first kappa shape index (κ1) is 10.9. The Labute approximate surface area is 93.9 Å². The number of hydrogen-bond donors (Lipinski definition) is 1. The molecule has 0 aliphatic rings. The van der Waals surface area contributed by atoms with Gasteiger partial charge in [0.2, 0.25) is 0 Å². The molecule has 0 saturated carbocycles. The zero-order valence-electron chi connectivity index (χ0n) is 9.54. The summed E-state index contributed by atoms with van der Waals surface area (Å²) in [5.74, 6) is 0.594. The summed E-state index contributed by atoms with van der Waals surface area (Å²) in [4.78, 5) is 4.10. The fourth-order valence-electron chi connectivity index (χ4n) is 1.82. The number of fused-ring (bicyclic) bond motifs is 1. The molecule has 86 valence electrons. The van der Waals surface area contributed by atoms with Gasteiger partial charge in [0, 0.05) is 18.7 Å². The van der Waals surface area contributed by atoms with Crippen molar-refractivity contribution in [3.63, 3.8) is 0 Å². The highest BCUT2D eigenvalue weighted by atomic mass is 15.5. The molecule has 2 aromatic heterocycles. The lowest BCUT2D eigenvalue weighted by Crippen LogP contribution is -2.26. The first-order valence-corrected chi connectivity index (χ1v) is 5.43. The maximum atomic E-state index is 6.06. The second-order valence-electron chi connectivity index (χ2n) is 4.44. The lowest BCUT2D eigenvalue weighted by molar-refractivity contribution is 0.486. The summed E-state index contributed by atoms with van der Waals surface area (Å²) in [5, 5.41) is 11.4. The van der Waals surface area contributed by atoms with Gasteiger partial charge in [-0.1, -0.05) is 13.8 Å². The lowest BCUT2D eigenvalue weighted by Gasteiger charge is -2.13. The lowest BCUT2D eigenvalue weighted by atomic mass is 10.0. The van der Waals surface area contributed by atoms with E-state index in [2.05, 4.69) is 34.4 Å². The molecular weight excluding hydrogens is 204 g/mol. The molecule has 2 rings (SSSR count). The molecule has 0 aliphatic heterocycles. The molecule has 1 unspecified atom stereocenters. The van der Waals surface area contributed by atoms with Crippen LogP contribution in [0.5, 0.6) is 0 Å². The second-order valence-corrected chi connectivity index (χ2v) is 4.44. The third-order valence-corrected chi connectivity index (χ3v) is 2.42. The third kappa shape index (κ3) is 2.33. The second kappa shape index (κ2) is 4.52. The zero-order chi connectivity index (χ0) is 11.5. The first-order valence-electron chi connectivity index (χ1n) is 5.43. The summed E-state index contributed by atoms with van der Waals surface area (Å²) in [6, 6.07) is 0.122. The van der Waals surface area contributed by atoms with Gasteiger partial charge < -0.3 is 5.73 Å². The predicted molar refractivity (Wildman–Crippen MR) is 59.7 cm³/mol. The van der Waals surface area contributed by atoms with Crippen LogP contribution in [0.2, 0.25) is 0 Å². The Hall–Kier alpha value is -1.56. The summed E-state index contributed by atoms with van der Waals surface area (Å²) in [6.45, 7) is 4.32. The summed E-state index contributed by atoms with van der Waals surface area (Å²) >= 11 is 0. The van der Waals surface area contributed by atoms with E-state index in [1.807, 2.05) is 0 Å². The van der Waals surface area contributed by atoms with Gasteiger partial charge in [-0.3, -0.25) is 4.98 Å². The standard InChI is InChI=1S/C10H16N6/c1-7(2)3-8(11)4-9-5-12-6-10-13-14-15-16(9)10/h5-8H,3-4,11H2,1-2H3. The predicted octanol–water partition coefficient (Wildman–Crippen LogP) is 0.435. The fraction of sp³-hybridized carbons (Fsp3) is 0.600. The van der Waals surface area contributed by atoms with Gasteiger partial charge in [-0.25, -0.2) is 0 Å². The molecule has 0 amide bonds. The average molecular weight is 220 g/mol. The molecule has 6 nitrogen and oxygen atoms in total. The van der Waals surface area contributed by atoms with Crippen molar-refractivity contribution in [2.75, 3.05) is 0 Å². The zero-order valence-corrected chi connectivity index (χ0v) is 9.54. The van der Waals surface area contributed by atoms with Crippen molar-refractivity contribution in [3.8, 4) is 0 Å². The van der Waals surface area contributed by atoms with Crippen molar-refractivity contribution >= 4 is 5.65 Å². The minimum atomic E-state index is 0.122. The topological polar surface area (TPSA) is 82.0 Å². The van der Waals surface area contributed by atoms with Crippen LogP contribution < -0.4 is 5.73 Å². The molecule has 2 aromatic rings. The number of hydrogen-bond acceptors (Lipinski definition) is 5. The highest BCUT2D eigenvalue weighted by Crippen LogP contribution is 2.08. The maximum Gasteiger partial charge on any atom is 0.197 e. The van der Waals surface area contributed by atoms with Crippen molar-refractivity contribution in [1.82, 2.24) is 25.0 Å². The van der Waals surface area contributed by atoms with Crippen LogP contribution in [0.4, 0.5) is 0 Å². The molecule has 0 spiro atoms. The molecule has 0 bridgehead atoms. The fourth-order valence-corrected chi connectivity index (χ4v) is 1.82. The van der Waals surface area contributed by atoms with Crippen LogP contribution in [0.3, 0.4) is 0 Å². The Morgan fingerprint density at radius 3 is 2.94 bits per heavy atom. The number of tetrazole rings is 1. The Morgan fingerprint density at radius 2 is 2.19 bits per heavy atom. The van der Waals surface area contributed by atoms with Crippen LogP contribution in [0, 0.1) is 5.92 Å². The van der Waals surface area contributed by atoms with Crippen molar-refractivity contribution in [1.29, 1.82) is 0 Å². The van der Waals surface area contributed by atoms with E-state index in [0.29, 0.717) is 11.6 Å². The number of rotatable bonds is 4. The van der Waals surface area contributed by atoms with Gasteiger partial charge in [-0.2, -0.15) is 4.52 Å². The molecule has 0 aromatic carbocycles. The van der Waals surface area contributed by atoms with Gasteiger partial charge in [-0.05, 0) is 22.8 Å². The van der Waals surface area contributed by atoms with Gasteiger partial charge in [0.1, 0.15) is 0 Å². The normalized spacial score (nSPS) is 13.5. The van der Waals surface area contributed by atoms with E-state index in [1.165, 1.54) is 0 Å². The van der Waals surface area contributed by atoms with Gasteiger partial charge in [0.05, 0.1) is 11.9 Å². The molecular formula is C10H16N6. The maximum absolute atomic E-state index is 6.06. The van der Waals surface area contributed by atoms with Crippen molar-refractivity contribution in [3.05, 3.63) is 18.1 Å². The molecule has 2 heterocycles. The molecule has 0 saturated heterocycles. The molecule has 0 radical (unpaired) electrons. The SMILES string of the molecule is CC(C)CC(N)Cc1cncc2nnnn12. The van der Waals surface area contributed by atoms with Crippen LogP contribution in [-0.2, 0) is 6.42 Å². The van der Waals surface area contributed by atoms with Crippen LogP contribution in [-0.4, -0.2) is 31.1 Å². The molecule has 0 aliphatic carbocycles. The van der Waals surface area contributed by atoms with Crippen molar-refractivity contribution in [2.24, 2.45) is 11.7 Å².